The molecule has 1 aliphatic carbocycles. The van der Waals surface area contributed by atoms with E-state index in [-0.39, 0.29) is 5.54 Å². The molecule has 4 heteroatoms. The Hall–Kier alpha value is -0.610. The Morgan fingerprint density at radius 1 is 1.53 bits per heavy atom. The molecule has 1 fully saturated rings. The van der Waals surface area contributed by atoms with E-state index in [4.69, 9.17) is 5.73 Å². The van der Waals surface area contributed by atoms with Crippen LogP contribution in [0.25, 0.3) is 0 Å². The van der Waals surface area contributed by atoms with Gasteiger partial charge in [-0.2, -0.15) is 0 Å². The van der Waals surface area contributed by atoms with Crippen molar-refractivity contribution in [2.75, 3.05) is 11.9 Å². The zero-order valence-electron chi connectivity index (χ0n) is 9.63. The summed E-state index contributed by atoms with van der Waals surface area (Å²) in [7, 11) is 0. The minimum atomic E-state index is 0.0384. The Bertz CT molecular complexity index is 337. The number of nitrogens with two attached hydrogens (primary N) is 1. The molecule has 1 atom stereocenters. The highest BCUT2D eigenvalue weighted by atomic mass is 32.1. The third-order valence-electron chi connectivity index (χ3n) is 3.32. The Labute approximate surface area is 95.1 Å². The van der Waals surface area contributed by atoms with Crippen molar-refractivity contribution in [3.8, 4) is 0 Å². The molecule has 15 heavy (non-hydrogen) atoms. The molecule has 3 N–H and O–H groups in total. The molecular formula is C11H19N3S. The smallest absolute Gasteiger partial charge is 0.183 e. The van der Waals surface area contributed by atoms with Gasteiger partial charge in [0.05, 0.1) is 11.2 Å². The van der Waals surface area contributed by atoms with Gasteiger partial charge in [-0.25, -0.2) is 4.98 Å². The Morgan fingerprint density at radius 3 is 2.60 bits per heavy atom. The fourth-order valence-corrected chi connectivity index (χ4v) is 2.76. The number of nitrogens with zero attached hydrogens (tertiary/aromatic N) is 1. The number of anilines is 1. The van der Waals surface area contributed by atoms with Crippen LogP contribution in [0.1, 0.15) is 30.3 Å². The van der Waals surface area contributed by atoms with Crippen molar-refractivity contribution in [1.29, 1.82) is 0 Å². The Morgan fingerprint density at radius 2 is 2.20 bits per heavy atom. The Balaban J connectivity index is 2.12. The molecule has 2 rings (SSSR count). The lowest BCUT2D eigenvalue weighted by Crippen LogP contribution is -2.44. The first-order chi connectivity index (χ1) is 7.05. The van der Waals surface area contributed by atoms with Crippen LogP contribution < -0.4 is 11.1 Å². The maximum absolute atomic E-state index is 5.86. The summed E-state index contributed by atoms with van der Waals surface area (Å²) in [6.07, 6.45) is 2.59. The minimum absolute atomic E-state index is 0.0384. The molecule has 1 aromatic rings. The number of aryl methyl sites for hydroxylation is 2. The summed E-state index contributed by atoms with van der Waals surface area (Å²) in [4.78, 5) is 5.79. The summed E-state index contributed by atoms with van der Waals surface area (Å²) in [5.74, 6) is 0.729. The van der Waals surface area contributed by atoms with Gasteiger partial charge in [-0.15, -0.1) is 11.3 Å². The third-order valence-corrected chi connectivity index (χ3v) is 4.31. The zero-order chi connectivity index (χ0) is 11.1. The largest absolute Gasteiger partial charge is 0.355 e. The number of nitrogens with one attached hydrogen (secondary N) is 1. The van der Waals surface area contributed by atoms with Gasteiger partial charge < -0.3 is 11.1 Å². The molecule has 1 saturated carbocycles. The minimum Gasteiger partial charge on any atom is -0.355 e. The van der Waals surface area contributed by atoms with Crippen LogP contribution in [0.15, 0.2) is 0 Å². The number of rotatable bonds is 4. The van der Waals surface area contributed by atoms with Crippen LogP contribution >= 0.6 is 11.3 Å². The summed E-state index contributed by atoms with van der Waals surface area (Å²) in [5, 5.41) is 4.53. The average molecular weight is 225 g/mol. The molecule has 0 aromatic carbocycles. The maximum Gasteiger partial charge on any atom is 0.183 e. The fourth-order valence-electron chi connectivity index (χ4n) is 1.81. The van der Waals surface area contributed by atoms with E-state index in [0.717, 1.165) is 16.7 Å². The Kier molecular flexibility index (Phi) is 2.73. The van der Waals surface area contributed by atoms with Gasteiger partial charge in [0.2, 0.25) is 0 Å². The monoisotopic (exact) mass is 225 g/mol. The summed E-state index contributed by atoms with van der Waals surface area (Å²) in [5.41, 5.74) is 7.02. The zero-order valence-corrected chi connectivity index (χ0v) is 10.4. The second-order valence-corrected chi connectivity index (χ2v) is 5.88. The summed E-state index contributed by atoms with van der Waals surface area (Å²) in [6, 6.07) is 0. The van der Waals surface area contributed by atoms with Crippen molar-refractivity contribution in [1.82, 2.24) is 4.98 Å². The normalized spacial score (nSPS) is 20.0. The molecule has 0 spiro atoms. The fraction of sp³-hybridized carbons (Fsp3) is 0.727. The molecule has 0 amide bonds. The topological polar surface area (TPSA) is 50.9 Å². The van der Waals surface area contributed by atoms with E-state index in [1.54, 1.807) is 11.3 Å². The van der Waals surface area contributed by atoms with E-state index in [1.807, 2.05) is 6.92 Å². The second-order valence-electron chi connectivity index (χ2n) is 4.68. The summed E-state index contributed by atoms with van der Waals surface area (Å²) in [6.45, 7) is 7.04. The molecule has 0 aliphatic heterocycles. The van der Waals surface area contributed by atoms with Gasteiger partial charge in [0.1, 0.15) is 0 Å². The van der Waals surface area contributed by atoms with Crippen LogP contribution in [-0.2, 0) is 0 Å². The highest BCUT2D eigenvalue weighted by molar-refractivity contribution is 7.15. The third kappa shape index (κ3) is 2.16. The molecule has 3 nitrogen and oxygen atoms in total. The first-order valence-electron chi connectivity index (χ1n) is 5.47. The van der Waals surface area contributed by atoms with Crippen LogP contribution in [0.2, 0.25) is 0 Å². The summed E-state index contributed by atoms with van der Waals surface area (Å²) >= 11 is 1.72. The van der Waals surface area contributed by atoms with Gasteiger partial charge in [-0.3, -0.25) is 0 Å². The van der Waals surface area contributed by atoms with E-state index in [9.17, 15) is 0 Å². The lowest BCUT2D eigenvalue weighted by Gasteiger charge is -2.29. The van der Waals surface area contributed by atoms with Crippen molar-refractivity contribution in [3.05, 3.63) is 10.6 Å². The van der Waals surface area contributed by atoms with Crippen molar-refractivity contribution in [2.24, 2.45) is 11.7 Å². The molecule has 1 unspecified atom stereocenters. The van der Waals surface area contributed by atoms with Gasteiger partial charge >= 0.3 is 0 Å². The predicted molar refractivity (Wildman–Crippen MR) is 65.4 cm³/mol. The molecule has 1 heterocycles. The molecule has 0 bridgehead atoms. The molecule has 0 saturated heterocycles. The number of thiazole rings is 1. The van der Waals surface area contributed by atoms with Crippen molar-refractivity contribution >= 4 is 16.5 Å². The lowest BCUT2D eigenvalue weighted by molar-refractivity contribution is 0.459. The highest BCUT2D eigenvalue weighted by Gasteiger charge is 2.40. The first-order valence-corrected chi connectivity index (χ1v) is 6.29. The quantitative estimate of drug-likeness (QED) is 0.826. The van der Waals surface area contributed by atoms with Gasteiger partial charge in [0, 0.05) is 11.4 Å². The molecular weight excluding hydrogens is 206 g/mol. The van der Waals surface area contributed by atoms with Crippen molar-refractivity contribution in [3.63, 3.8) is 0 Å². The molecule has 84 valence electrons. The summed E-state index contributed by atoms with van der Waals surface area (Å²) < 4.78 is 0. The molecule has 1 aliphatic rings. The van der Waals surface area contributed by atoms with Gasteiger partial charge in [0.25, 0.3) is 0 Å². The van der Waals surface area contributed by atoms with Gasteiger partial charge in [-0.1, -0.05) is 0 Å². The molecule has 1 aromatic heterocycles. The van der Waals surface area contributed by atoms with E-state index in [1.165, 1.54) is 17.7 Å². The van der Waals surface area contributed by atoms with Crippen LogP contribution in [0, 0.1) is 19.8 Å². The van der Waals surface area contributed by atoms with E-state index in [0.29, 0.717) is 6.54 Å². The lowest BCUT2D eigenvalue weighted by atomic mass is 9.96. The van der Waals surface area contributed by atoms with Crippen LogP contribution in [0.4, 0.5) is 5.13 Å². The van der Waals surface area contributed by atoms with Gasteiger partial charge in [-0.05, 0) is 39.5 Å². The van der Waals surface area contributed by atoms with Crippen LogP contribution in [-0.4, -0.2) is 17.1 Å². The molecule has 0 radical (unpaired) electrons. The van der Waals surface area contributed by atoms with E-state index >= 15 is 0 Å². The van der Waals surface area contributed by atoms with Crippen molar-refractivity contribution in [2.45, 2.75) is 39.2 Å². The SMILES string of the molecule is Cc1nc(NC(C)(CN)C2CC2)sc1C. The average Bonchev–Trinajstić information content (AvgIpc) is 2.96. The maximum atomic E-state index is 5.86. The number of aromatic nitrogens is 1. The first kappa shape index (κ1) is 10.9. The van der Waals surface area contributed by atoms with E-state index in [2.05, 4.69) is 24.1 Å². The standard InChI is InChI=1S/C11H19N3S/c1-7-8(2)15-10(13-7)14-11(3,6-12)9-4-5-9/h9H,4-6,12H2,1-3H3,(H,13,14). The second kappa shape index (κ2) is 3.76. The predicted octanol–water partition coefficient (Wildman–Crippen LogP) is 2.30. The number of hydrogen-bond acceptors (Lipinski definition) is 4. The van der Waals surface area contributed by atoms with Gasteiger partial charge in [0.15, 0.2) is 5.13 Å². The number of hydrogen-bond donors (Lipinski definition) is 2. The van der Waals surface area contributed by atoms with Crippen LogP contribution in [0.5, 0.6) is 0 Å². The van der Waals surface area contributed by atoms with Crippen molar-refractivity contribution < 1.29 is 0 Å². The van der Waals surface area contributed by atoms with Crippen LogP contribution in [0.3, 0.4) is 0 Å². The van der Waals surface area contributed by atoms with E-state index < -0.39 is 0 Å². The highest BCUT2D eigenvalue weighted by Crippen LogP contribution is 2.41.